The number of hydrogen-bond donors (Lipinski definition) is 1. The van der Waals surface area contributed by atoms with Crippen molar-refractivity contribution in [1.82, 2.24) is 15.4 Å². The van der Waals surface area contributed by atoms with E-state index in [1.807, 2.05) is 67.4 Å². The lowest BCUT2D eigenvalue weighted by atomic mass is 10.2. The van der Waals surface area contributed by atoms with Gasteiger partial charge in [-0.25, -0.2) is 4.79 Å². The highest BCUT2D eigenvalue weighted by molar-refractivity contribution is 5.95. The van der Waals surface area contributed by atoms with Crippen LogP contribution in [0.4, 0.5) is 10.5 Å². The van der Waals surface area contributed by atoms with E-state index in [1.165, 1.54) is 4.90 Å². The molecule has 0 aliphatic carbocycles. The number of pyridine rings is 1. The Morgan fingerprint density at radius 3 is 2.42 bits per heavy atom. The molecule has 0 fully saturated rings. The molecule has 31 heavy (non-hydrogen) atoms. The van der Waals surface area contributed by atoms with Crippen molar-refractivity contribution in [2.75, 3.05) is 18.5 Å². The Hall–Kier alpha value is -3.87. The van der Waals surface area contributed by atoms with Crippen molar-refractivity contribution in [2.24, 2.45) is 0 Å². The van der Waals surface area contributed by atoms with Gasteiger partial charge in [0.25, 0.3) is 5.91 Å². The molecule has 2 amide bonds. The molecule has 1 heterocycles. The molecule has 0 aliphatic heterocycles. The summed E-state index contributed by atoms with van der Waals surface area (Å²) in [5.41, 5.74) is 5.39. The molecule has 0 radical (unpaired) electrons. The molecule has 0 atom stereocenters. The van der Waals surface area contributed by atoms with Crippen LogP contribution in [0.25, 0.3) is 0 Å². The molecule has 0 bridgehead atoms. The SMILES string of the molecule is CCN(C)c1cccc(C(=O)NOC(=O)N(Cc2ccccc2)Cc2cccnc2)c1. The van der Waals surface area contributed by atoms with Gasteiger partial charge in [-0.15, -0.1) is 0 Å². The molecular weight excluding hydrogens is 392 g/mol. The zero-order chi connectivity index (χ0) is 22.1. The van der Waals surface area contributed by atoms with Gasteiger partial charge in [-0.2, -0.15) is 5.48 Å². The van der Waals surface area contributed by atoms with Gasteiger partial charge in [0, 0.05) is 43.8 Å². The lowest BCUT2D eigenvalue weighted by Gasteiger charge is -2.22. The van der Waals surface area contributed by atoms with Crippen LogP contribution in [0.3, 0.4) is 0 Å². The number of nitrogens with one attached hydrogen (secondary N) is 1. The molecule has 0 spiro atoms. The topological polar surface area (TPSA) is 74.8 Å². The second-order valence-corrected chi connectivity index (χ2v) is 7.07. The maximum Gasteiger partial charge on any atom is 0.434 e. The summed E-state index contributed by atoms with van der Waals surface area (Å²) in [5, 5.41) is 0. The molecule has 3 rings (SSSR count). The molecule has 7 heteroatoms. The number of amides is 2. The van der Waals surface area contributed by atoms with Gasteiger partial charge in [0.2, 0.25) is 0 Å². The van der Waals surface area contributed by atoms with Crippen molar-refractivity contribution < 1.29 is 14.4 Å². The van der Waals surface area contributed by atoms with Crippen molar-refractivity contribution in [3.05, 3.63) is 95.8 Å². The minimum Gasteiger partial charge on any atom is -0.375 e. The molecule has 1 N–H and O–H groups in total. The quantitative estimate of drug-likeness (QED) is 0.587. The van der Waals surface area contributed by atoms with Crippen LogP contribution in [0.1, 0.15) is 28.4 Å². The van der Waals surface area contributed by atoms with Crippen LogP contribution in [0.15, 0.2) is 79.1 Å². The average Bonchev–Trinajstić information content (AvgIpc) is 2.82. The summed E-state index contributed by atoms with van der Waals surface area (Å²) in [6, 6.07) is 20.4. The molecule has 0 saturated heterocycles. The molecule has 0 unspecified atom stereocenters. The van der Waals surface area contributed by atoms with Crippen LogP contribution in [-0.2, 0) is 17.9 Å². The van der Waals surface area contributed by atoms with Gasteiger partial charge >= 0.3 is 6.09 Å². The highest BCUT2D eigenvalue weighted by Gasteiger charge is 2.18. The highest BCUT2D eigenvalue weighted by Crippen LogP contribution is 2.15. The first kappa shape index (κ1) is 21.8. The monoisotopic (exact) mass is 418 g/mol. The summed E-state index contributed by atoms with van der Waals surface area (Å²) in [6.07, 6.45) is 2.72. The van der Waals surface area contributed by atoms with Gasteiger partial charge < -0.3 is 9.74 Å². The van der Waals surface area contributed by atoms with Gasteiger partial charge in [-0.3, -0.25) is 14.7 Å². The van der Waals surface area contributed by atoms with Gasteiger partial charge in [-0.05, 0) is 42.3 Å². The zero-order valence-corrected chi connectivity index (χ0v) is 17.7. The maximum absolute atomic E-state index is 12.8. The summed E-state index contributed by atoms with van der Waals surface area (Å²) in [5.74, 6) is -0.485. The van der Waals surface area contributed by atoms with E-state index >= 15 is 0 Å². The smallest absolute Gasteiger partial charge is 0.375 e. The fraction of sp³-hybridized carbons (Fsp3) is 0.208. The lowest BCUT2D eigenvalue weighted by molar-refractivity contribution is 0.0397. The largest absolute Gasteiger partial charge is 0.434 e. The van der Waals surface area contributed by atoms with Gasteiger partial charge in [0.15, 0.2) is 0 Å². The Morgan fingerprint density at radius 2 is 1.71 bits per heavy atom. The first-order valence-electron chi connectivity index (χ1n) is 10.1. The second-order valence-electron chi connectivity index (χ2n) is 7.07. The van der Waals surface area contributed by atoms with E-state index in [1.54, 1.807) is 30.6 Å². The molecule has 160 valence electrons. The maximum atomic E-state index is 12.8. The zero-order valence-electron chi connectivity index (χ0n) is 17.7. The number of anilines is 1. The first-order valence-corrected chi connectivity index (χ1v) is 10.1. The summed E-state index contributed by atoms with van der Waals surface area (Å²) < 4.78 is 0. The normalized spacial score (nSPS) is 10.3. The van der Waals surface area contributed by atoms with Crippen molar-refractivity contribution in [1.29, 1.82) is 0 Å². The predicted molar refractivity (Wildman–Crippen MR) is 119 cm³/mol. The third-order valence-electron chi connectivity index (χ3n) is 4.83. The van der Waals surface area contributed by atoms with E-state index in [2.05, 4.69) is 10.5 Å². The van der Waals surface area contributed by atoms with Crippen LogP contribution in [0.2, 0.25) is 0 Å². The Balaban J connectivity index is 1.67. The number of benzene rings is 2. The second kappa shape index (κ2) is 10.8. The molecule has 3 aromatic rings. The fourth-order valence-corrected chi connectivity index (χ4v) is 2.98. The van der Waals surface area contributed by atoms with E-state index in [4.69, 9.17) is 4.84 Å². The summed E-state index contributed by atoms with van der Waals surface area (Å²) in [6.45, 7) is 3.47. The number of aromatic nitrogens is 1. The standard InChI is InChI=1S/C24H26N4O3/c1-3-27(2)22-13-7-12-21(15-22)23(29)26-31-24(30)28(17-19-9-5-4-6-10-19)18-20-11-8-14-25-16-20/h4-16H,3,17-18H2,1-2H3,(H,26,29). The fourth-order valence-electron chi connectivity index (χ4n) is 2.98. The Morgan fingerprint density at radius 1 is 0.968 bits per heavy atom. The van der Waals surface area contributed by atoms with Gasteiger partial charge in [0.05, 0.1) is 6.54 Å². The average molecular weight is 418 g/mol. The number of nitrogens with zero attached hydrogens (tertiary/aromatic N) is 3. The van der Waals surface area contributed by atoms with Crippen LogP contribution < -0.4 is 10.4 Å². The lowest BCUT2D eigenvalue weighted by Crippen LogP contribution is -2.36. The summed E-state index contributed by atoms with van der Waals surface area (Å²) in [7, 11) is 1.94. The number of hydrogen-bond acceptors (Lipinski definition) is 5. The van der Waals surface area contributed by atoms with Crippen molar-refractivity contribution in [2.45, 2.75) is 20.0 Å². The van der Waals surface area contributed by atoms with Gasteiger partial charge in [0.1, 0.15) is 0 Å². The highest BCUT2D eigenvalue weighted by atomic mass is 16.7. The van der Waals surface area contributed by atoms with E-state index in [-0.39, 0.29) is 0 Å². The molecule has 7 nitrogen and oxygen atoms in total. The third kappa shape index (κ3) is 6.30. The van der Waals surface area contributed by atoms with Gasteiger partial charge in [-0.1, -0.05) is 42.5 Å². The molecule has 2 aromatic carbocycles. The third-order valence-corrected chi connectivity index (χ3v) is 4.83. The number of carbonyl (C=O) groups is 2. The summed E-state index contributed by atoms with van der Waals surface area (Å²) in [4.78, 5) is 38.0. The number of carbonyl (C=O) groups excluding carboxylic acids is 2. The van der Waals surface area contributed by atoms with Crippen molar-refractivity contribution >= 4 is 17.7 Å². The Bertz CT molecular complexity index is 954. The Labute approximate surface area is 182 Å². The van der Waals surface area contributed by atoms with Crippen LogP contribution in [0, 0.1) is 0 Å². The van der Waals surface area contributed by atoms with E-state index in [0.717, 1.165) is 23.4 Å². The Kier molecular flexibility index (Phi) is 7.59. The van der Waals surface area contributed by atoms with E-state index < -0.39 is 12.0 Å². The minimum atomic E-state index is -0.650. The molecule has 0 aliphatic rings. The molecule has 1 aromatic heterocycles. The molecule has 0 saturated carbocycles. The first-order chi connectivity index (χ1) is 15.1. The van der Waals surface area contributed by atoms with E-state index in [9.17, 15) is 9.59 Å². The van der Waals surface area contributed by atoms with Crippen LogP contribution in [-0.4, -0.2) is 35.5 Å². The van der Waals surface area contributed by atoms with Crippen LogP contribution >= 0.6 is 0 Å². The van der Waals surface area contributed by atoms with Crippen LogP contribution in [0.5, 0.6) is 0 Å². The van der Waals surface area contributed by atoms with Crippen molar-refractivity contribution in [3.63, 3.8) is 0 Å². The van der Waals surface area contributed by atoms with E-state index in [0.29, 0.717) is 18.7 Å². The minimum absolute atomic E-state index is 0.300. The summed E-state index contributed by atoms with van der Waals surface area (Å²) >= 11 is 0. The number of rotatable bonds is 7. The number of hydroxylamine groups is 1. The van der Waals surface area contributed by atoms with Crippen molar-refractivity contribution in [3.8, 4) is 0 Å². The predicted octanol–water partition coefficient (Wildman–Crippen LogP) is 4.02. The molecular formula is C24H26N4O3.